The maximum Gasteiger partial charge on any atom is 0.161 e. The summed E-state index contributed by atoms with van der Waals surface area (Å²) in [6.07, 6.45) is 1.66. The zero-order valence-corrected chi connectivity index (χ0v) is 5.77. The molecule has 0 aromatic rings. The summed E-state index contributed by atoms with van der Waals surface area (Å²) in [5.74, 6) is 0.403. The van der Waals surface area contributed by atoms with Gasteiger partial charge in [0, 0.05) is 24.2 Å². The SMILES string of the molecule is CC1=CC(=O)C(C)CN1. The van der Waals surface area contributed by atoms with Crippen molar-refractivity contribution in [2.75, 3.05) is 6.54 Å². The van der Waals surface area contributed by atoms with Gasteiger partial charge in [-0.3, -0.25) is 4.79 Å². The van der Waals surface area contributed by atoms with Gasteiger partial charge in [-0.1, -0.05) is 6.92 Å². The first-order chi connectivity index (χ1) is 4.20. The van der Waals surface area contributed by atoms with Crippen molar-refractivity contribution in [2.45, 2.75) is 13.8 Å². The molecule has 9 heavy (non-hydrogen) atoms. The largest absolute Gasteiger partial charge is 0.388 e. The number of allylic oxidation sites excluding steroid dienone is 2. The number of hydrogen-bond acceptors (Lipinski definition) is 2. The fourth-order valence-electron chi connectivity index (χ4n) is 0.821. The van der Waals surface area contributed by atoms with E-state index < -0.39 is 0 Å². The highest BCUT2D eigenvalue weighted by molar-refractivity contribution is 5.92. The van der Waals surface area contributed by atoms with E-state index in [0.717, 1.165) is 12.2 Å². The standard InChI is InChI=1S/C7H11NO/c1-5-4-8-6(2)3-7(5)9/h3,5,8H,4H2,1-2H3. The van der Waals surface area contributed by atoms with E-state index in [4.69, 9.17) is 0 Å². The number of ketones is 1. The minimum atomic E-state index is 0.161. The molecule has 0 aliphatic carbocycles. The summed E-state index contributed by atoms with van der Waals surface area (Å²) in [6, 6.07) is 0. The van der Waals surface area contributed by atoms with E-state index in [-0.39, 0.29) is 11.7 Å². The first kappa shape index (κ1) is 6.33. The zero-order valence-electron chi connectivity index (χ0n) is 5.77. The van der Waals surface area contributed by atoms with Crippen LogP contribution >= 0.6 is 0 Å². The molecule has 0 saturated carbocycles. The van der Waals surface area contributed by atoms with Crippen molar-refractivity contribution in [3.05, 3.63) is 11.8 Å². The number of hydrogen-bond donors (Lipinski definition) is 1. The van der Waals surface area contributed by atoms with E-state index >= 15 is 0 Å². The second kappa shape index (κ2) is 2.21. The lowest BCUT2D eigenvalue weighted by molar-refractivity contribution is -0.118. The molecular formula is C7H11NO. The monoisotopic (exact) mass is 125 g/mol. The molecule has 2 heteroatoms. The second-order valence-corrected chi connectivity index (χ2v) is 2.51. The predicted molar refractivity (Wildman–Crippen MR) is 35.9 cm³/mol. The van der Waals surface area contributed by atoms with Crippen LogP contribution < -0.4 is 5.32 Å². The lowest BCUT2D eigenvalue weighted by atomic mass is 10.0. The van der Waals surface area contributed by atoms with Gasteiger partial charge < -0.3 is 5.32 Å². The number of rotatable bonds is 0. The fourth-order valence-corrected chi connectivity index (χ4v) is 0.821. The van der Waals surface area contributed by atoms with Crippen LogP contribution in [0, 0.1) is 5.92 Å². The molecule has 0 spiro atoms. The third kappa shape index (κ3) is 1.31. The molecule has 0 radical (unpaired) electrons. The van der Waals surface area contributed by atoms with Gasteiger partial charge in [0.15, 0.2) is 5.78 Å². The van der Waals surface area contributed by atoms with Crippen molar-refractivity contribution in [3.8, 4) is 0 Å². The highest BCUT2D eigenvalue weighted by Crippen LogP contribution is 2.04. The molecule has 1 heterocycles. The van der Waals surface area contributed by atoms with Gasteiger partial charge in [-0.05, 0) is 6.92 Å². The van der Waals surface area contributed by atoms with Crippen LogP contribution in [0.4, 0.5) is 0 Å². The molecule has 1 atom stereocenters. The molecule has 0 aromatic heterocycles. The van der Waals surface area contributed by atoms with E-state index in [1.807, 2.05) is 13.8 Å². The third-order valence-electron chi connectivity index (χ3n) is 1.53. The summed E-state index contributed by atoms with van der Waals surface area (Å²) >= 11 is 0. The van der Waals surface area contributed by atoms with Crippen LogP contribution in [0.3, 0.4) is 0 Å². The molecule has 2 nitrogen and oxygen atoms in total. The second-order valence-electron chi connectivity index (χ2n) is 2.51. The average Bonchev–Trinajstić information content (AvgIpc) is 1.80. The minimum Gasteiger partial charge on any atom is -0.388 e. The van der Waals surface area contributed by atoms with Gasteiger partial charge in [-0.15, -0.1) is 0 Å². The molecule has 50 valence electrons. The molecule has 1 unspecified atom stereocenters. The molecule has 0 amide bonds. The maximum atomic E-state index is 10.9. The first-order valence-electron chi connectivity index (χ1n) is 3.16. The summed E-state index contributed by atoms with van der Waals surface area (Å²) in [6.45, 7) is 4.63. The normalized spacial score (nSPS) is 27.1. The topological polar surface area (TPSA) is 29.1 Å². The maximum absolute atomic E-state index is 10.9. The smallest absolute Gasteiger partial charge is 0.161 e. The third-order valence-corrected chi connectivity index (χ3v) is 1.53. The van der Waals surface area contributed by atoms with Crippen LogP contribution in [0.1, 0.15) is 13.8 Å². The van der Waals surface area contributed by atoms with Crippen molar-refractivity contribution in [1.82, 2.24) is 5.32 Å². The van der Waals surface area contributed by atoms with E-state index in [0.29, 0.717) is 0 Å². The van der Waals surface area contributed by atoms with Crippen LogP contribution in [-0.2, 0) is 4.79 Å². The van der Waals surface area contributed by atoms with Crippen LogP contribution in [-0.4, -0.2) is 12.3 Å². The van der Waals surface area contributed by atoms with Gasteiger partial charge in [0.05, 0.1) is 0 Å². The van der Waals surface area contributed by atoms with Crippen molar-refractivity contribution in [1.29, 1.82) is 0 Å². The summed E-state index contributed by atoms with van der Waals surface area (Å²) in [7, 11) is 0. The molecule has 1 rings (SSSR count). The Morgan fingerprint density at radius 1 is 1.78 bits per heavy atom. The Kier molecular flexibility index (Phi) is 1.56. The van der Waals surface area contributed by atoms with Crippen molar-refractivity contribution in [2.24, 2.45) is 5.92 Å². The summed E-state index contributed by atoms with van der Waals surface area (Å²) in [4.78, 5) is 10.9. The van der Waals surface area contributed by atoms with Crippen LogP contribution in [0.15, 0.2) is 11.8 Å². The van der Waals surface area contributed by atoms with Gasteiger partial charge in [-0.2, -0.15) is 0 Å². The van der Waals surface area contributed by atoms with E-state index in [2.05, 4.69) is 5.32 Å². The minimum absolute atomic E-state index is 0.161. The molecule has 1 N–H and O–H groups in total. The van der Waals surface area contributed by atoms with Crippen LogP contribution in [0.2, 0.25) is 0 Å². The van der Waals surface area contributed by atoms with Crippen molar-refractivity contribution in [3.63, 3.8) is 0 Å². The highest BCUT2D eigenvalue weighted by atomic mass is 16.1. The molecule has 0 saturated heterocycles. The first-order valence-corrected chi connectivity index (χ1v) is 3.16. The highest BCUT2D eigenvalue weighted by Gasteiger charge is 2.14. The molecule has 0 fully saturated rings. The van der Waals surface area contributed by atoms with E-state index in [9.17, 15) is 4.79 Å². The van der Waals surface area contributed by atoms with Gasteiger partial charge in [0.1, 0.15) is 0 Å². The van der Waals surface area contributed by atoms with Gasteiger partial charge >= 0.3 is 0 Å². The Balaban J connectivity index is 2.70. The summed E-state index contributed by atoms with van der Waals surface area (Å²) in [5.41, 5.74) is 0.984. The number of nitrogens with one attached hydrogen (secondary N) is 1. The Morgan fingerprint density at radius 3 is 2.89 bits per heavy atom. The predicted octanol–water partition coefficient (Wildman–Crippen LogP) is 0.699. The van der Waals surface area contributed by atoms with Gasteiger partial charge in [0.25, 0.3) is 0 Å². The van der Waals surface area contributed by atoms with Crippen LogP contribution in [0.5, 0.6) is 0 Å². The van der Waals surface area contributed by atoms with Crippen LogP contribution in [0.25, 0.3) is 0 Å². The molecule has 0 aromatic carbocycles. The summed E-state index contributed by atoms with van der Waals surface area (Å²) < 4.78 is 0. The van der Waals surface area contributed by atoms with Crippen molar-refractivity contribution < 1.29 is 4.79 Å². The molecule has 0 bridgehead atoms. The number of carbonyl (C=O) groups excluding carboxylic acids is 1. The Hall–Kier alpha value is -0.790. The van der Waals surface area contributed by atoms with Gasteiger partial charge in [-0.25, -0.2) is 0 Å². The number of carbonyl (C=O) groups is 1. The lowest BCUT2D eigenvalue weighted by Gasteiger charge is -2.16. The average molecular weight is 125 g/mol. The fraction of sp³-hybridized carbons (Fsp3) is 0.571. The Morgan fingerprint density at radius 2 is 2.44 bits per heavy atom. The van der Waals surface area contributed by atoms with E-state index in [1.165, 1.54) is 0 Å². The van der Waals surface area contributed by atoms with Gasteiger partial charge in [0.2, 0.25) is 0 Å². The Labute approximate surface area is 54.9 Å². The van der Waals surface area contributed by atoms with Crippen molar-refractivity contribution >= 4 is 5.78 Å². The molecule has 1 aliphatic rings. The lowest BCUT2D eigenvalue weighted by Crippen LogP contribution is -2.29. The quantitative estimate of drug-likeness (QED) is 0.516. The molecular weight excluding hydrogens is 114 g/mol. The zero-order chi connectivity index (χ0) is 6.85. The molecule has 1 aliphatic heterocycles. The Bertz CT molecular complexity index is 160. The summed E-state index contributed by atoms with van der Waals surface area (Å²) in [5, 5.41) is 3.10. The van der Waals surface area contributed by atoms with E-state index in [1.54, 1.807) is 6.08 Å².